The molecule has 2 heterocycles. The number of carboxylic acids is 1. The van der Waals surface area contributed by atoms with Gasteiger partial charge in [0, 0.05) is 17.2 Å². The van der Waals surface area contributed by atoms with Crippen molar-refractivity contribution in [1.29, 1.82) is 0 Å². The predicted octanol–water partition coefficient (Wildman–Crippen LogP) is 5.02. The highest BCUT2D eigenvalue weighted by molar-refractivity contribution is 6.30. The van der Waals surface area contributed by atoms with Crippen molar-refractivity contribution in [2.24, 2.45) is 0 Å². The Morgan fingerprint density at radius 3 is 2.52 bits per heavy atom. The summed E-state index contributed by atoms with van der Waals surface area (Å²) in [5.41, 5.74) is 3.65. The van der Waals surface area contributed by atoms with E-state index >= 15 is 0 Å². The van der Waals surface area contributed by atoms with Crippen LogP contribution in [0.15, 0.2) is 42.5 Å². The van der Waals surface area contributed by atoms with Crippen LogP contribution in [0.5, 0.6) is 0 Å². The maximum absolute atomic E-state index is 13.4. The molecule has 0 spiro atoms. The van der Waals surface area contributed by atoms with Gasteiger partial charge in [-0.2, -0.15) is 5.10 Å². The number of carboxylic acid groups (broad SMARTS) is 1. The molecular formula is C19H16ClFN2O2. The minimum Gasteiger partial charge on any atom is -0.478 e. The lowest BCUT2D eigenvalue weighted by atomic mass is 9.94. The SMILES string of the molecule is CC(C)c1nn2c(Cl)ccc2c(-c2ccc(F)cc2)c1C=CC(=O)O. The molecule has 0 atom stereocenters. The molecule has 0 radical (unpaired) electrons. The fourth-order valence-corrected chi connectivity index (χ4v) is 2.98. The van der Waals surface area contributed by atoms with Gasteiger partial charge in [-0.1, -0.05) is 37.6 Å². The highest BCUT2D eigenvalue weighted by Gasteiger charge is 2.19. The fraction of sp³-hybridized carbons (Fsp3) is 0.158. The lowest BCUT2D eigenvalue weighted by molar-refractivity contribution is -0.131. The molecule has 0 aliphatic rings. The Hall–Kier alpha value is -2.66. The first kappa shape index (κ1) is 17.2. The van der Waals surface area contributed by atoms with E-state index in [0.29, 0.717) is 16.4 Å². The normalized spacial score (nSPS) is 11.7. The van der Waals surface area contributed by atoms with Crippen LogP contribution in [-0.4, -0.2) is 20.7 Å². The second-order valence-corrected chi connectivity index (χ2v) is 6.35. The van der Waals surface area contributed by atoms with Gasteiger partial charge in [-0.3, -0.25) is 0 Å². The molecule has 3 aromatic rings. The topological polar surface area (TPSA) is 54.6 Å². The van der Waals surface area contributed by atoms with E-state index in [1.54, 1.807) is 22.7 Å². The van der Waals surface area contributed by atoms with Gasteiger partial charge in [-0.15, -0.1) is 0 Å². The summed E-state index contributed by atoms with van der Waals surface area (Å²) in [6, 6.07) is 9.61. The monoisotopic (exact) mass is 358 g/mol. The lowest BCUT2D eigenvalue weighted by Gasteiger charge is -2.16. The van der Waals surface area contributed by atoms with Crippen LogP contribution in [0, 0.1) is 5.82 Å². The van der Waals surface area contributed by atoms with E-state index < -0.39 is 5.97 Å². The van der Waals surface area contributed by atoms with E-state index in [2.05, 4.69) is 5.10 Å². The quantitative estimate of drug-likeness (QED) is 0.666. The number of carbonyl (C=O) groups is 1. The number of rotatable bonds is 4. The third-order valence-electron chi connectivity index (χ3n) is 3.89. The van der Waals surface area contributed by atoms with Crippen molar-refractivity contribution >= 4 is 29.2 Å². The van der Waals surface area contributed by atoms with Gasteiger partial charge in [0.2, 0.25) is 0 Å². The largest absolute Gasteiger partial charge is 0.478 e. The van der Waals surface area contributed by atoms with Crippen molar-refractivity contribution in [2.45, 2.75) is 19.8 Å². The summed E-state index contributed by atoms with van der Waals surface area (Å²) in [6.45, 7) is 3.94. The molecule has 4 nitrogen and oxygen atoms in total. The lowest BCUT2D eigenvalue weighted by Crippen LogP contribution is -2.06. The number of benzene rings is 1. The van der Waals surface area contributed by atoms with Crippen LogP contribution >= 0.6 is 11.6 Å². The Morgan fingerprint density at radius 2 is 1.92 bits per heavy atom. The summed E-state index contributed by atoms with van der Waals surface area (Å²) < 4.78 is 15.0. The van der Waals surface area contributed by atoms with Gasteiger partial charge in [-0.05, 0) is 41.8 Å². The second-order valence-electron chi connectivity index (χ2n) is 5.96. The molecule has 0 bridgehead atoms. The molecule has 0 saturated carbocycles. The maximum atomic E-state index is 13.4. The summed E-state index contributed by atoms with van der Waals surface area (Å²) in [5.74, 6) is -1.35. The molecule has 1 aromatic carbocycles. The van der Waals surface area contributed by atoms with Crippen molar-refractivity contribution in [3.63, 3.8) is 0 Å². The molecule has 0 unspecified atom stereocenters. The molecule has 0 aliphatic heterocycles. The number of halogens is 2. The Kier molecular flexibility index (Phi) is 4.59. The zero-order valence-corrected chi connectivity index (χ0v) is 14.5. The first-order chi connectivity index (χ1) is 11.9. The van der Waals surface area contributed by atoms with Crippen LogP contribution in [-0.2, 0) is 4.79 Å². The Labute approximate surface area is 149 Å². The van der Waals surface area contributed by atoms with Crippen LogP contribution in [0.2, 0.25) is 5.15 Å². The zero-order valence-electron chi connectivity index (χ0n) is 13.7. The third kappa shape index (κ3) is 3.28. The van der Waals surface area contributed by atoms with Crippen LogP contribution in [0.25, 0.3) is 22.7 Å². The van der Waals surface area contributed by atoms with Gasteiger partial charge in [0.25, 0.3) is 0 Å². The Morgan fingerprint density at radius 1 is 1.24 bits per heavy atom. The summed E-state index contributed by atoms with van der Waals surface area (Å²) in [4.78, 5) is 11.0. The predicted molar refractivity (Wildman–Crippen MR) is 96.4 cm³/mol. The zero-order chi connectivity index (χ0) is 18.1. The minimum atomic E-state index is -1.05. The summed E-state index contributed by atoms with van der Waals surface area (Å²) in [7, 11) is 0. The first-order valence-corrected chi connectivity index (χ1v) is 8.14. The van der Waals surface area contributed by atoms with Crippen LogP contribution in [0.3, 0.4) is 0 Å². The molecule has 25 heavy (non-hydrogen) atoms. The number of nitrogens with zero attached hydrogens (tertiary/aromatic N) is 2. The number of aliphatic carboxylic acids is 1. The molecule has 0 aliphatic carbocycles. The fourth-order valence-electron chi connectivity index (χ4n) is 2.79. The van der Waals surface area contributed by atoms with E-state index in [9.17, 15) is 9.18 Å². The van der Waals surface area contributed by atoms with Crippen LogP contribution in [0.4, 0.5) is 4.39 Å². The van der Waals surface area contributed by atoms with Crippen molar-refractivity contribution < 1.29 is 14.3 Å². The van der Waals surface area contributed by atoms with Crippen LogP contribution < -0.4 is 0 Å². The maximum Gasteiger partial charge on any atom is 0.328 e. The van der Waals surface area contributed by atoms with E-state index in [4.69, 9.17) is 16.7 Å². The van der Waals surface area contributed by atoms with Gasteiger partial charge in [0.1, 0.15) is 11.0 Å². The number of hydrogen-bond donors (Lipinski definition) is 1. The van der Waals surface area contributed by atoms with Gasteiger partial charge in [0.05, 0.1) is 11.2 Å². The standard InChI is InChI=1S/C19H16ClFN2O2/c1-11(2)19-14(7-10-17(24)25)18(12-3-5-13(21)6-4-12)15-8-9-16(20)23(15)22-19/h3-11H,1-2H3,(H,24,25). The summed E-state index contributed by atoms with van der Waals surface area (Å²) >= 11 is 6.24. The summed E-state index contributed by atoms with van der Waals surface area (Å²) in [6.07, 6.45) is 2.61. The molecule has 6 heteroatoms. The minimum absolute atomic E-state index is 0.0375. The molecule has 2 aromatic heterocycles. The van der Waals surface area contributed by atoms with E-state index in [-0.39, 0.29) is 11.7 Å². The van der Waals surface area contributed by atoms with Crippen LogP contribution in [0.1, 0.15) is 31.0 Å². The average molecular weight is 359 g/mol. The summed E-state index contributed by atoms with van der Waals surface area (Å²) in [5, 5.41) is 14.1. The molecule has 0 fully saturated rings. The number of hydrogen-bond acceptors (Lipinski definition) is 2. The third-order valence-corrected chi connectivity index (χ3v) is 4.18. The highest BCUT2D eigenvalue weighted by atomic mass is 35.5. The van der Waals surface area contributed by atoms with Crippen molar-refractivity contribution in [2.75, 3.05) is 0 Å². The number of fused-ring (bicyclic) bond motifs is 1. The Balaban J connectivity index is 2.42. The van der Waals surface area contributed by atoms with Gasteiger partial charge in [0.15, 0.2) is 0 Å². The van der Waals surface area contributed by atoms with Gasteiger partial charge >= 0.3 is 5.97 Å². The smallest absolute Gasteiger partial charge is 0.328 e. The Bertz CT molecular complexity index is 975. The average Bonchev–Trinajstić information content (AvgIpc) is 2.93. The molecule has 0 saturated heterocycles. The van der Waals surface area contributed by atoms with Gasteiger partial charge < -0.3 is 5.11 Å². The van der Waals surface area contributed by atoms with Crippen molar-refractivity contribution in [1.82, 2.24) is 9.61 Å². The molecule has 128 valence electrons. The molecule has 3 rings (SSSR count). The number of aromatic nitrogens is 2. The molecule has 1 N–H and O–H groups in total. The molecule has 0 amide bonds. The van der Waals surface area contributed by atoms with E-state index in [1.807, 2.05) is 19.9 Å². The first-order valence-electron chi connectivity index (χ1n) is 7.76. The second kappa shape index (κ2) is 6.69. The van der Waals surface area contributed by atoms with Gasteiger partial charge in [-0.25, -0.2) is 13.7 Å². The van der Waals surface area contributed by atoms with E-state index in [0.717, 1.165) is 22.7 Å². The highest BCUT2D eigenvalue weighted by Crippen LogP contribution is 2.35. The van der Waals surface area contributed by atoms with Crippen molar-refractivity contribution in [3.8, 4) is 11.1 Å². The van der Waals surface area contributed by atoms with Crippen molar-refractivity contribution in [3.05, 3.63) is 64.7 Å². The van der Waals surface area contributed by atoms with E-state index in [1.165, 1.54) is 18.2 Å². The molecular weight excluding hydrogens is 343 g/mol.